The molecule has 2 aromatic carbocycles. The standard InChI is InChI=1S/C20H20N2O6/c1-13-10-16(17(22(26)27)11-14(13)2)21-19(24)12-28-20(25)9-8-18(23)15-6-4-3-5-7-15/h3-7,10-11H,8-9,12H2,1-2H3,(H,21,24). The number of hydrogen-bond acceptors (Lipinski definition) is 6. The summed E-state index contributed by atoms with van der Waals surface area (Å²) in [6, 6.07) is 11.4. The average Bonchev–Trinajstić information content (AvgIpc) is 2.67. The van der Waals surface area contributed by atoms with E-state index < -0.39 is 23.4 Å². The van der Waals surface area contributed by atoms with Crippen molar-refractivity contribution in [2.75, 3.05) is 11.9 Å². The van der Waals surface area contributed by atoms with Gasteiger partial charge < -0.3 is 10.1 Å². The molecule has 0 fully saturated rings. The van der Waals surface area contributed by atoms with Crippen molar-refractivity contribution in [3.63, 3.8) is 0 Å². The molecule has 28 heavy (non-hydrogen) atoms. The van der Waals surface area contributed by atoms with E-state index in [-0.39, 0.29) is 30.0 Å². The van der Waals surface area contributed by atoms with E-state index in [1.54, 1.807) is 44.2 Å². The first kappa shape index (κ1) is 20.8. The average molecular weight is 384 g/mol. The van der Waals surface area contributed by atoms with Gasteiger partial charge in [-0.25, -0.2) is 0 Å². The van der Waals surface area contributed by atoms with Crippen molar-refractivity contribution >= 4 is 29.0 Å². The second kappa shape index (κ2) is 9.40. The van der Waals surface area contributed by atoms with E-state index >= 15 is 0 Å². The van der Waals surface area contributed by atoms with Gasteiger partial charge in [-0.3, -0.25) is 24.5 Å². The molecule has 0 aliphatic rings. The van der Waals surface area contributed by atoms with Gasteiger partial charge in [-0.1, -0.05) is 30.3 Å². The molecule has 0 saturated carbocycles. The van der Waals surface area contributed by atoms with Gasteiger partial charge in [0.25, 0.3) is 11.6 Å². The fraction of sp³-hybridized carbons (Fsp3) is 0.250. The number of rotatable bonds is 8. The van der Waals surface area contributed by atoms with Crippen molar-refractivity contribution in [2.45, 2.75) is 26.7 Å². The Bertz CT molecular complexity index is 908. The Morgan fingerprint density at radius 1 is 1.04 bits per heavy atom. The topological polar surface area (TPSA) is 116 Å². The Morgan fingerprint density at radius 2 is 1.68 bits per heavy atom. The maximum absolute atomic E-state index is 12.0. The lowest BCUT2D eigenvalue weighted by atomic mass is 10.1. The van der Waals surface area contributed by atoms with Crippen LogP contribution in [-0.4, -0.2) is 29.2 Å². The highest BCUT2D eigenvalue weighted by Gasteiger charge is 2.18. The number of nitrogens with one attached hydrogen (secondary N) is 1. The molecule has 2 aromatic rings. The van der Waals surface area contributed by atoms with E-state index in [0.29, 0.717) is 5.56 Å². The van der Waals surface area contributed by atoms with Crippen LogP contribution in [0.2, 0.25) is 0 Å². The van der Waals surface area contributed by atoms with Crippen molar-refractivity contribution in [1.29, 1.82) is 0 Å². The Labute approximate surface area is 161 Å². The highest BCUT2D eigenvalue weighted by Crippen LogP contribution is 2.27. The summed E-state index contributed by atoms with van der Waals surface area (Å²) in [4.78, 5) is 46.2. The lowest BCUT2D eigenvalue weighted by molar-refractivity contribution is -0.384. The first-order chi connectivity index (χ1) is 13.3. The van der Waals surface area contributed by atoms with Crippen LogP contribution in [-0.2, 0) is 14.3 Å². The zero-order valence-corrected chi connectivity index (χ0v) is 15.6. The summed E-state index contributed by atoms with van der Waals surface area (Å²) >= 11 is 0. The second-order valence-corrected chi connectivity index (χ2v) is 6.21. The van der Waals surface area contributed by atoms with E-state index in [2.05, 4.69) is 5.32 Å². The molecule has 0 atom stereocenters. The molecule has 8 nitrogen and oxygen atoms in total. The lowest BCUT2D eigenvalue weighted by Crippen LogP contribution is -2.21. The van der Waals surface area contributed by atoms with E-state index in [4.69, 9.17) is 4.74 Å². The summed E-state index contributed by atoms with van der Waals surface area (Å²) in [5, 5.41) is 13.5. The Balaban J connectivity index is 1.85. The van der Waals surface area contributed by atoms with Crippen molar-refractivity contribution in [1.82, 2.24) is 0 Å². The molecular weight excluding hydrogens is 364 g/mol. The number of anilines is 1. The Kier molecular flexibility index (Phi) is 6.97. The molecule has 8 heteroatoms. The van der Waals surface area contributed by atoms with E-state index in [1.807, 2.05) is 0 Å². The number of carbonyl (C=O) groups excluding carboxylic acids is 3. The minimum Gasteiger partial charge on any atom is -0.456 e. The smallest absolute Gasteiger partial charge is 0.306 e. The van der Waals surface area contributed by atoms with Crippen molar-refractivity contribution in [3.05, 3.63) is 69.3 Å². The number of hydrogen-bond donors (Lipinski definition) is 1. The zero-order valence-electron chi connectivity index (χ0n) is 15.6. The van der Waals surface area contributed by atoms with Crippen LogP contribution in [0.4, 0.5) is 11.4 Å². The van der Waals surface area contributed by atoms with Gasteiger partial charge in [0.2, 0.25) is 0 Å². The molecule has 0 aliphatic heterocycles. The van der Waals surface area contributed by atoms with Gasteiger partial charge in [0.05, 0.1) is 11.3 Å². The number of nitro groups is 1. The molecule has 146 valence electrons. The summed E-state index contributed by atoms with van der Waals surface area (Å²) in [5.74, 6) is -1.60. The maximum Gasteiger partial charge on any atom is 0.306 e. The summed E-state index contributed by atoms with van der Waals surface area (Å²) in [6.07, 6.45) is -0.197. The molecule has 1 N–H and O–H groups in total. The quantitative estimate of drug-likeness (QED) is 0.323. The van der Waals surface area contributed by atoms with Crippen LogP contribution < -0.4 is 5.32 Å². The highest BCUT2D eigenvalue weighted by molar-refractivity contribution is 5.98. The fourth-order valence-electron chi connectivity index (χ4n) is 2.44. The van der Waals surface area contributed by atoms with E-state index in [0.717, 1.165) is 11.1 Å². The number of aryl methyl sites for hydroxylation is 2. The normalized spacial score (nSPS) is 10.2. The van der Waals surface area contributed by atoms with Crippen LogP contribution in [0.3, 0.4) is 0 Å². The summed E-state index contributed by atoms with van der Waals surface area (Å²) < 4.78 is 4.84. The number of carbonyl (C=O) groups is 3. The zero-order chi connectivity index (χ0) is 20.7. The van der Waals surface area contributed by atoms with E-state index in [9.17, 15) is 24.5 Å². The summed E-state index contributed by atoms with van der Waals surface area (Å²) in [6.45, 7) is 2.90. The lowest BCUT2D eigenvalue weighted by Gasteiger charge is -2.09. The molecular formula is C20H20N2O6. The number of benzene rings is 2. The number of Topliss-reactive ketones (excluding diaryl/α,β-unsaturated/α-hetero) is 1. The van der Waals surface area contributed by atoms with Gasteiger partial charge >= 0.3 is 5.97 Å². The number of ketones is 1. The monoisotopic (exact) mass is 384 g/mol. The third-order valence-electron chi connectivity index (χ3n) is 4.10. The van der Waals surface area contributed by atoms with E-state index in [1.165, 1.54) is 12.1 Å². The van der Waals surface area contributed by atoms with Crippen molar-refractivity contribution in [2.24, 2.45) is 0 Å². The van der Waals surface area contributed by atoms with Crippen LogP contribution in [0.15, 0.2) is 42.5 Å². The molecule has 0 aromatic heterocycles. The highest BCUT2D eigenvalue weighted by atomic mass is 16.6. The molecule has 2 rings (SSSR count). The minimum atomic E-state index is -0.700. The number of ether oxygens (including phenoxy) is 1. The number of nitrogens with zero attached hydrogens (tertiary/aromatic N) is 1. The van der Waals surface area contributed by atoms with Crippen LogP contribution in [0.25, 0.3) is 0 Å². The molecule has 0 unspecified atom stereocenters. The molecule has 1 amide bonds. The summed E-state index contributed by atoms with van der Waals surface area (Å²) in [7, 11) is 0. The van der Waals surface area contributed by atoms with Crippen LogP contribution >= 0.6 is 0 Å². The van der Waals surface area contributed by atoms with Crippen LogP contribution in [0.1, 0.15) is 34.3 Å². The first-order valence-corrected chi connectivity index (χ1v) is 8.57. The Hall–Kier alpha value is -3.55. The van der Waals surface area contributed by atoms with Crippen LogP contribution in [0.5, 0.6) is 0 Å². The molecule has 0 saturated heterocycles. The van der Waals surface area contributed by atoms with Gasteiger partial charge in [0, 0.05) is 18.1 Å². The fourth-order valence-corrected chi connectivity index (χ4v) is 2.44. The van der Waals surface area contributed by atoms with Gasteiger partial charge in [-0.2, -0.15) is 0 Å². The predicted molar refractivity (Wildman–Crippen MR) is 102 cm³/mol. The number of esters is 1. The molecule has 0 heterocycles. The first-order valence-electron chi connectivity index (χ1n) is 8.57. The van der Waals surface area contributed by atoms with Crippen LogP contribution in [0, 0.1) is 24.0 Å². The third-order valence-corrected chi connectivity index (χ3v) is 4.10. The summed E-state index contributed by atoms with van der Waals surface area (Å²) in [5.41, 5.74) is 1.79. The Morgan fingerprint density at radius 3 is 2.32 bits per heavy atom. The van der Waals surface area contributed by atoms with Crippen molar-refractivity contribution in [3.8, 4) is 0 Å². The number of nitro benzene ring substituents is 1. The molecule has 0 aliphatic carbocycles. The predicted octanol–water partition coefficient (Wildman–Crippen LogP) is 3.36. The van der Waals surface area contributed by atoms with Gasteiger partial charge in [-0.05, 0) is 31.0 Å². The SMILES string of the molecule is Cc1cc(NC(=O)COC(=O)CCC(=O)c2ccccc2)c([N+](=O)[O-])cc1C. The number of amides is 1. The molecule has 0 radical (unpaired) electrons. The second-order valence-electron chi connectivity index (χ2n) is 6.21. The third kappa shape index (κ3) is 5.73. The maximum atomic E-state index is 12.0. The molecule has 0 bridgehead atoms. The van der Waals surface area contributed by atoms with Gasteiger partial charge in [-0.15, -0.1) is 0 Å². The minimum absolute atomic E-state index is 0.0346. The molecule has 0 spiro atoms. The van der Waals surface area contributed by atoms with Crippen molar-refractivity contribution < 1.29 is 24.0 Å². The van der Waals surface area contributed by atoms with Gasteiger partial charge in [0.1, 0.15) is 5.69 Å². The largest absolute Gasteiger partial charge is 0.456 e. The van der Waals surface area contributed by atoms with Gasteiger partial charge in [0.15, 0.2) is 12.4 Å².